The number of hydrogen-bond donors (Lipinski definition) is 2. The second-order valence-corrected chi connectivity index (χ2v) is 6.72. The zero-order chi connectivity index (χ0) is 15.3. The van der Waals surface area contributed by atoms with Gasteiger partial charge in [-0.05, 0) is 44.7 Å². The van der Waals surface area contributed by atoms with Crippen LogP contribution in [0.1, 0.15) is 64.6 Å². The molecule has 2 N–H and O–H groups in total. The van der Waals surface area contributed by atoms with Gasteiger partial charge in [-0.1, -0.05) is 38.1 Å². The summed E-state index contributed by atoms with van der Waals surface area (Å²) >= 11 is 0. The van der Waals surface area contributed by atoms with Gasteiger partial charge in [-0.25, -0.2) is 0 Å². The lowest BCUT2D eigenvalue weighted by molar-refractivity contribution is -0.121. The van der Waals surface area contributed by atoms with Crippen LogP contribution in [0.5, 0.6) is 0 Å². The smallest absolute Gasteiger partial charge is 0.234 e. The average molecular weight is 276 g/mol. The zero-order valence-corrected chi connectivity index (χ0v) is 13.6. The van der Waals surface area contributed by atoms with Crippen molar-refractivity contribution >= 4 is 5.91 Å². The molecule has 0 saturated heterocycles. The van der Waals surface area contributed by atoms with Crippen molar-refractivity contribution in [1.82, 2.24) is 10.6 Å². The van der Waals surface area contributed by atoms with Crippen molar-refractivity contribution in [2.45, 2.75) is 59.0 Å². The fourth-order valence-corrected chi connectivity index (χ4v) is 2.00. The summed E-state index contributed by atoms with van der Waals surface area (Å²) in [6.45, 7) is 12.7. The standard InChI is InChI=1S/C17H28N2O/c1-12(2)14-7-9-15(10-8-14)13(3)18-11-16(20)19-17(4,5)6/h7-10,12-13,18H,11H2,1-6H3,(H,19,20). The first-order chi connectivity index (χ1) is 9.19. The minimum absolute atomic E-state index is 0.0307. The Morgan fingerprint density at radius 2 is 1.55 bits per heavy atom. The summed E-state index contributed by atoms with van der Waals surface area (Å²) in [7, 11) is 0. The van der Waals surface area contributed by atoms with Gasteiger partial charge in [-0.15, -0.1) is 0 Å². The lowest BCUT2D eigenvalue weighted by Crippen LogP contribution is -2.45. The van der Waals surface area contributed by atoms with E-state index >= 15 is 0 Å². The highest BCUT2D eigenvalue weighted by Crippen LogP contribution is 2.18. The zero-order valence-electron chi connectivity index (χ0n) is 13.6. The largest absolute Gasteiger partial charge is 0.350 e. The molecule has 0 radical (unpaired) electrons. The molecule has 0 heterocycles. The fourth-order valence-electron chi connectivity index (χ4n) is 2.00. The fraction of sp³-hybridized carbons (Fsp3) is 0.588. The first-order valence-corrected chi connectivity index (χ1v) is 7.33. The molecule has 0 saturated carbocycles. The van der Waals surface area contributed by atoms with Crippen LogP contribution in [0.25, 0.3) is 0 Å². The molecule has 20 heavy (non-hydrogen) atoms. The van der Waals surface area contributed by atoms with Crippen LogP contribution in [0.3, 0.4) is 0 Å². The molecule has 3 heteroatoms. The molecule has 1 atom stereocenters. The number of hydrogen-bond acceptors (Lipinski definition) is 2. The predicted molar refractivity (Wildman–Crippen MR) is 84.8 cm³/mol. The predicted octanol–water partition coefficient (Wildman–Crippen LogP) is 3.38. The summed E-state index contributed by atoms with van der Waals surface area (Å²) in [5.41, 5.74) is 2.37. The molecule has 0 aliphatic rings. The van der Waals surface area contributed by atoms with E-state index in [4.69, 9.17) is 0 Å². The highest BCUT2D eigenvalue weighted by atomic mass is 16.2. The number of nitrogens with one attached hydrogen (secondary N) is 2. The Hall–Kier alpha value is -1.35. The van der Waals surface area contributed by atoms with Gasteiger partial charge in [-0.2, -0.15) is 0 Å². The minimum Gasteiger partial charge on any atom is -0.350 e. The summed E-state index contributed by atoms with van der Waals surface area (Å²) in [5, 5.41) is 6.21. The van der Waals surface area contributed by atoms with E-state index in [1.807, 2.05) is 20.8 Å². The highest BCUT2D eigenvalue weighted by Gasteiger charge is 2.14. The van der Waals surface area contributed by atoms with Crippen molar-refractivity contribution in [3.8, 4) is 0 Å². The number of carbonyl (C=O) groups is 1. The van der Waals surface area contributed by atoms with Crippen LogP contribution in [0.2, 0.25) is 0 Å². The Morgan fingerprint density at radius 3 is 2.00 bits per heavy atom. The third kappa shape index (κ3) is 5.74. The van der Waals surface area contributed by atoms with Gasteiger partial charge < -0.3 is 10.6 Å². The van der Waals surface area contributed by atoms with E-state index in [1.54, 1.807) is 0 Å². The molecule has 112 valence electrons. The van der Waals surface area contributed by atoms with E-state index in [9.17, 15) is 4.79 Å². The first kappa shape index (κ1) is 16.7. The monoisotopic (exact) mass is 276 g/mol. The van der Waals surface area contributed by atoms with Crippen molar-refractivity contribution in [2.24, 2.45) is 0 Å². The van der Waals surface area contributed by atoms with Crippen LogP contribution >= 0.6 is 0 Å². The third-order valence-electron chi connectivity index (χ3n) is 3.19. The topological polar surface area (TPSA) is 41.1 Å². The summed E-state index contributed by atoms with van der Waals surface area (Å²) in [4.78, 5) is 11.8. The summed E-state index contributed by atoms with van der Waals surface area (Å²) in [5.74, 6) is 0.577. The van der Waals surface area contributed by atoms with Gasteiger partial charge in [0.15, 0.2) is 0 Å². The molecule has 3 nitrogen and oxygen atoms in total. The third-order valence-corrected chi connectivity index (χ3v) is 3.19. The van der Waals surface area contributed by atoms with Crippen molar-refractivity contribution in [3.63, 3.8) is 0 Å². The number of carbonyl (C=O) groups excluding carboxylic acids is 1. The minimum atomic E-state index is -0.180. The Kier molecular flexibility index (Phi) is 5.75. The maximum Gasteiger partial charge on any atom is 0.234 e. The molecule has 1 aromatic rings. The second kappa shape index (κ2) is 6.89. The number of rotatable bonds is 5. The SMILES string of the molecule is CC(C)c1ccc(C(C)NCC(=O)NC(C)(C)C)cc1. The Morgan fingerprint density at radius 1 is 1.05 bits per heavy atom. The maximum atomic E-state index is 11.8. The van der Waals surface area contributed by atoms with Crippen LogP contribution < -0.4 is 10.6 Å². The molecule has 0 bridgehead atoms. The Balaban J connectivity index is 2.50. The van der Waals surface area contributed by atoms with Crippen molar-refractivity contribution in [2.75, 3.05) is 6.54 Å². The Labute approximate surface area is 123 Å². The molecule has 1 aromatic carbocycles. The van der Waals surface area contributed by atoms with Crippen LogP contribution in [0, 0.1) is 0 Å². The summed E-state index contributed by atoms with van der Waals surface area (Å²) in [6.07, 6.45) is 0. The van der Waals surface area contributed by atoms with E-state index in [2.05, 4.69) is 55.7 Å². The molecule has 0 aliphatic carbocycles. The Bertz CT molecular complexity index is 429. The normalized spacial score (nSPS) is 13.3. The van der Waals surface area contributed by atoms with E-state index in [-0.39, 0.29) is 17.5 Å². The van der Waals surface area contributed by atoms with Crippen LogP contribution in [-0.2, 0) is 4.79 Å². The van der Waals surface area contributed by atoms with Crippen LogP contribution in [0.15, 0.2) is 24.3 Å². The first-order valence-electron chi connectivity index (χ1n) is 7.33. The van der Waals surface area contributed by atoms with Crippen LogP contribution in [0.4, 0.5) is 0 Å². The quantitative estimate of drug-likeness (QED) is 0.865. The molecule has 1 rings (SSSR count). The number of amides is 1. The molecule has 0 fully saturated rings. The van der Waals surface area contributed by atoms with E-state index in [0.29, 0.717) is 12.5 Å². The van der Waals surface area contributed by atoms with Gasteiger partial charge in [0.1, 0.15) is 0 Å². The average Bonchev–Trinajstić information content (AvgIpc) is 2.34. The van der Waals surface area contributed by atoms with Gasteiger partial charge in [0.25, 0.3) is 0 Å². The van der Waals surface area contributed by atoms with E-state index in [1.165, 1.54) is 11.1 Å². The lowest BCUT2D eigenvalue weighted by atomic mass is 9.99. The van der Waals surface area contributed by atoms with Crippen LogP contribution in [-0.4, -0.2) is 18.0 Å². The van der Waals surface area contributed by atoms with Crippen molar-refractivity contribution in [3.05, 3.63) is 35.4 Å². The van der Waals surface area contributed by atoms with Gasteiger partial charge in [0, 0.05) is 11.6 Å². The number of benzene rings is 1. The van der Waals surface area contributed by atoms with E-state index in [0.717, 1.165) is 0 Å². The summed E-state index contributed by atoms with van der Waals surface area (Å²) < 4.78 is 0. The molecule has 0 spiro atoms. The van der Waals surface area contributed by atoms with E-state index < -0.39 is 0 Å². The molecular weight excluding hydrogens is 248 g/mol. The van der Waals surface area contributed by atoms with Gasteiger partial charge in [-0.3, -0.25) is 4.79 Å². The molecule has 0 aromatic heterocycles. The van der Waals surface area contributed by atoms with Gasteiger partial charge in [0.05, 0.1) is 6.54 Å². The van der Waals surface area contributed by atoms with Crippen molar-refractivity contribution < 1.29 is 4.79 Å². The lowest BCUT2D eigenvalue weighted by Gasteiger charge is -2.22. The highest BCUT2D eigenvalue weighted by molar-refractivity contribution is 5.78. The second-order valence-electron chi connectivity index (χ2n) is 6.72. The molecule has 1 unspecified atom stereocenters. The maximum absolute atomic E-state index is 11.8. The molecule has 1 amide bonds. The van der Waals surface area contributed by atoms with Gasteiger partial charge in [0.2, 0.25) is 5.91 Å². The summed E-state index contributed by atoms with van der Waals surface area (Å²) in [6, 6.07) is 8.76. The molecule has 0 aliphatic heterocycles. The van der Waals surface area contributed by atoms with Gasteiger partial charge >= 0.3 is 0 Å². The molecular formula is C17H28N2O. The van der Waals surface area contributed by atoms with Crippen molar-refractivity contribution in [1.29, 1.82) is 0 Å².